The number of aliphatic hydroxyl groups excluding tert-OH is 3. The number of rotatable bonds is 0. The molecule has 1 saturated carbocycles. The smallest absolute Gasteiger partial charge is 0.227 e. The van der Waals surface area contributed by atoms with E-state index in [1.165, 1.54) is 12.2 Å². The topological polar surface area (TPSA) is 124 Å². The summed E-state index contributed by atoms with van der Waals surface area (Å²) in [6.45, 7) is 6.21. The molecule has 0 radical (unpaired) electrons. The molecule has 0 bridgehead atoms. The van der Waals surface area contributed by atoms with Crippen LogP contribution in [0.1, 0.15) is 27.2 Å². The first kappa shape index (κ1) is 26.7. The summed E-state index contributed by atoms with van der Waals surface area (Å²) < 4.78 is 0. The Balaban J connectivity index is 2.00. The summed E-state index contributed by atoms with van der Waals surface area (Å²) in [5, 5.41) is 33.4. The van der Waals surface area contributed by atoms with Crippen LogP contribution in [0.4, 0.5) is 0 Å². The molecule has 35 heavy (non-hydrogen) atoms. The number of amides is 1. The second-order valence-electron chi connectivity index (χ2n) is 9.77. The zero-order valence-corrected chi connectivity index (χ0v) is 20.4. The molecule has 1 fully saturated rings. The summed E-state index contributed by atoms with van der Waals surface area (Å²) in [7, 11) is 0. The molecule has 0 aromatic heterocycles. The lowest BCUT2D eigenvalue weighted by atomic mass is 9.51. The van der Waals surface area contributed by atoms with E-state index in [2.05, 4.69) is 5.32 Å². The van der Waals surface area contributed by atoms with E-state index in [0.717, 1.165) is 11.1 Å². The van der Waals surface area contributed by atoms with Crippen molar-refractivity contribution in [3.05, 3.63) is 71.9 Å². The molecule has 7 heteroatoms. The van der Waals surface area contributed by atoms with Gasteiger partial charge >= 0.3 is 0 Å². The number of allylic oxidation sites excluding steroid dienone is 10. The SMILES string of the molecule is C/C1=C/C=C/C=C\[C@@H](C)CNC(=O)CC(=O)/C=C\C(C)=C\[C@H]2[C@@H]3C(=O)[C@H](O)[C@H](O)[C@H](O)/C=C\[C@@H]3[C@H]12. The third-order valence-corrected chi connectivity index (χ3v) is 6.97. The van der Waals surface area contributed by atoms with Crippen molar-refractivity contribution in [3.8, 4) is 0 Å². The van der Waals surface area contributed by atoms with Crippen molar-refractivity contribution in [3.63, 3.8) is 0 Å². The van der Waals surface area contributed by atoms with E-state index in [1.807, 2.05) is 57.2 Å². The van der Waals surface area contributed by atoms with Gasteiger partial charge in [-0.3, -0.25) is 14.4 Å². The van der Waals surface area contributed by atoms with Crippen molar-refractivity contribution < 1.29 is 29.7 Å². The fraction of sp³-hybridized carbons (Fsp3) is 0.464. The molecule has 3 rings (SSSR count). The second-order valence-corrected chi connectivity index (χ2v) is 9.77. The molecule has 188 valence electrons. The summed E-state index contributed by atoms with van der Waals surface area (Å²) >= 11 is 0. The quantitative estimate of drug-likeness (QED) is 0.310. The van der Waals surface area contributed by atoms with Crippen LogP contribution in [0.3, 0.4) is 0 Å². The maximum atomic E-state index is 13.1. The molecular weight excluding hydrogens is 446 g/mol. The Morgan fingerprint density at radius 2 is 1.63 bits per heavy atom. The van der Waals surface area contributed by atoms with Crippen LogP contribution in [-0.4, -0.2) is 57.6 Å². The number of carbonyl (C=O) groups excluding carboxylic acids is 3. The maximum absolute atomic E-state index is 13.1. The van der Waals surface area contributed by atoms with Crippen molar-refractivity contribution in [2.45, 2.75) is 45.5 Å². The highest BCUT2D eigenvalue weighted by Crippen LogP contribution is 2.53. The summed E-state index contributed by atoms with van der Waals surface area (Å²) in [6.07, 6.45) is 12.9. The molecule has 4 N–H and O–H groups in total. The predicted octanol–water partition coefficient (Wildman–Crippen LogP) is 1.97. The van der Waals surface area contributed by atoms with E-state index in [1.54, 1.807) is 12.2 Å². The van der Waals surface area contributed by atoms with Crippen LogP contribution in [-0.2, 0) is 14.4 Å². The molecule has 7 nitrogen and oxygen atoms in total. The summed E-state index contributed by atoms with van der Waals surface area (Å²) in [4.78, 5) is 37.4. The first-order valence-corrected chi connectivity index (χ1v) is 12.0. The molecule has 0 spiro atoms. The Morgan fingerprint density at radius 1 is 0.886 bits per heavy atom. The zero-order valence-electron chi connectivity index (χ0n) is 20.4. The Kier molecular flexibility index (Phi) is 8.94. The van der Waals surface area contributed by atoms with Gasteiger partial charge in [0.1, 0.15) is 18.3 Å². The maximum Gasteiger partial charge on any atom is 0.227 e. The fourth-order valence-corrected chi connectivity index (χ4v) is 5.00. The molecule has 1 heterocycles. The van der Waals surface area contributed by atoms with E-state index in [4.69, 9.17) is 0 Å². The van der Waals surface area contributed by atoms with Gasteiger partial charge in [-0.25, -0.2) is 0 Å². The number of nitrogens with one attached hydrogen (secondary N) is 1. The molecule has 8 atom stereocenters. The first-order valence-electron chi connectivity index (χ1n) is 12.0. The highest BCUT2D eigenvalue weighted by atomic mass is 16.4. The largest absolute Gasteiger partial charge is 0.387 e. The van der Waals surface area contributed by atoms with Crippen LogP contribution in [0, 0.1) is 29.6 Å². The monoisotopic (exact) mass is 481 g/mol. The molecular formula is C28H35NO6. The minimum Gasteiger partial charge on any atom is -0.387 e. The van der Waals surface area contributed by atoms with Gasteiger partial charge in [0.15, 0.2) is 11.6 Å². The van der Waals surface area contributed by atoms with Gasteiger partial charge in [-0.1, -0.05) is 72.8 Å². The number of hydrogen-bond acceptors (Lipinski definition) is 6. The fourth-order valence-electron chi connectivity index (χ4n) is 5.00. The van der Waals surface area contributed by atoms with E-state index >= 15 is 0 Å². The molecule has 2 aliphatic carbocycles. The number of aliphatic hydroxyl groups is 3. The number of hydrogen-bond donors (Lipinski definition) is 4. The Labute approximate surface area is 206 Å². The summed E-state index contributed by atoms with van der Waals surface area (Å²) in [5.41, 5.74) is 1.79. The van der Waals surface area contributed by atoms with Crippen molar-refractivity contribution in [2.24, 2.45) is 29.6 Å². The lowest BCUT2D eigenvalue weighted by Gasteiger charge is -2.51. The van der Waals surface area contributed by atoms with Crippen molar-refractivity contribution >= 4 is 17.5 Å². The van der Waals surface area contributed by atoms with Crippen LogP contribution in [0.15, 0.2) is 71.9 Å². The number of ketones is 2. The van der Waals surface area contributed by atoms with Gasteiger partial charge in [0, 0.05) is 12.5 Å². The van der Waals surface area contributed by atoms with Crippen LogP contribution in [0.5, 0.6) is 0 Å². The van der Waals surface area contributed by atoms with Crippen LogP contribution >= 0.6 is 0 Å². The molecule has 1 amide bonds. The Morgan fingerprint density at radius 3 is 2.37 bits per heavy atom. The number of fused-ring (bicyclic) bond motifs is 4. The Hall–Kier alpha value is -2.87. The average Bonchev–Trinajstić information content (AvgIpc) is 2.80. The van der Waals surface area contributed by atoms with E-state index < -0.39 is 30.0 Å². The standard InChI is InChI=1S/C28H35NO6/c1-16-9-10-19(30)14-23(32)29-15-17(2)7-5-4-6-8-18(3)24-20-11-12-22(31)26(33)28(35)27(34)25(20)21(24)13-16/h4-13,17,20-22,24-26,28,31,33,35H,14-15H2,1-3H3,(H,29,32)/b6-4+,7-5-,10-9-,12-11-,16-13+,18-8-/t17-,20-,21-,22-,24+,25-,26-,28-/m1/s1. The first-order chi connectivity index (χ1) is 16.6. The molecule has 0 saturated heterocycles. The van der Waals surface area contributed by atoms with Crippen LogP contribution < -0.4 is 5.32 Å². The number of Topliss-reactive ketones (excluding diaryl/α,β-unsaturated/α-hetero) is 1. The second kappa shape index (κ2) is 11.7. The van der Waals surface area contributed by atoms with Gasteiger partial charge in [0.25, 0.3) is 0 Å². The van der Waals surface area contributed by atoms with Gasteiger partial charge in [-0.2, -0.15) is 0 Å². The van der Waals surface area contributed by atoms with Gasteiger partial charge < -0.3 is 20.6 Å². The molecule has 0 aromatic rings. The molecule has 3 aliphatic rings. The minimum absolute atomic E-state index is 0.0638. The van der Waals surface area contributed by atoms with Crippen molar-refractivity contribution in [2.75, 3.05) is 6.54 Å². The third kappa shape index (κ3) is 6.42. The van der Waals surface area contributed by atoms with Crippen molar-refractivity contribution in [1.29, 1.82) is 0 Å². The molecule has 0 unspecified atom stereocenters. The summed E-state index contributed by atoms with van der Waals surface area (Å²) in [5.74, 6) is -2.21. The van der Waals surface area contributed by atoms with Gasteiger partial charge in [-0.15, -0.1) is 0 Å². The van der Waals surface area contributed by atoms with Gasteiger partial charge in [0.2, 0.25) is 5.91 Å². The average molecular weight is 482 g/mol. The van der Waals surface area contributed by atoms with Gasteiger partial charge in [0.05, 0.1) is 6.42 Å². The molecule has 1 aliphatic heterocycles. The summed E-state index contributed by atoms with van der Waals surface area (Å²) in [6, 6.07) is 0. The lowest BCUT2D eigenvalue weighted by Crippen LogP contribution is -2.56. The van der Waals surface area contributed by atoms with Gasteiger partial charge in [-0.05, 0) is 43.6 Å². The lowest BCUT2D eigenvalue weighted by molar-refractivity contribution is -0.151. The highest BCUT2D eigenvalue weighted by Gasteiger charge is 2.54. The Bertz CT molecular complexity index is 1020. The third-order valence-electron chi connectivity index (χ3n) is 6.97. The minimum atomic E-state index is -1.68. The number of carbonyl (C=O) groups is 3. The van der Waals surface area contributed by atoms with E-state index in [-0.39, 0.29) is 41.8 Å². The van der Waals surface area contributed by atoms with E-state index in [0.29, 0.717) is 6.54 Å². The van der Waals surface area contributed by atoms with E-state index in [9.17, 15) is 29.7 Å². The predicted molar refractivity (Wildman–Crippen MR) is 133 cm³/mol. The van der Waals surface area contributed by atoms with Crippen molar-refractivity contribution in [1.82, 2.24) is 5.32 Å². The normalized spacial score (nSPS) is 43.5. The van der Waals surface area contributed by atoms with Crippen LogP contribution in [0.2, 0.25) is 0 Å². The molecule has 0 aromatic carbocycles. The zero-order chi connectivity index (χ0) is 25.7. The van der Waals surface area contributed by atoms with Crippen LogP contribution in [0.25, 0.3) is 0 Å². The highest BCUT2D eigenvalue weighted by molar-refractivity contribution is 6.03.